The average molecular weight is 243 g/mol. The van der Waals surface area contributed by atoms with E-state index < -0.39 is 0 Å². The molecule has 0 bridgehead atoms. The van der Waals surface area contributed by atoms with E-state index in [9.17, 15) is 0 Å². The van der Waals surface area contributed by atoms with Crippen molar-refractivity contribution < 1.29 is 0 Å². The normalized spacial score (nSPS) is 39.6. The van der Waals surface area contributed by atoms with Gasteiger partial charge in [-0.3, -0.25) is 0 Å². The third-order valence-corrected chi connectivity index (χ3v) is 5.32. The second-order valence-corrected chi connectivity index (χ2v) is 6.46. The fraction of sp³-hybridized carbons (Fsp3) is 0.647. The molecule has 0 aliphatic heterocycles. The lowest BCUT2D eigenvalue weighted by Gasteiger charge is -2.39. The van der Waals surface area contributed by atoms with Crippen molar-refractivity contribution in [1.29, 1.82) is 0 Å². The van der Waals surface area contributed by atoms with Crippen molar-refractivity contribution >= 4 is 0 Å². The summed E-state index contributed by atoms with van der Waals surface area (Å²) in [7, 11) is 0. The summed E-state index contributed by atoms with van der Waals surface area (Å²) < 4.78 is 0. The molecule has 2 fully saturated rings. The van der Waals surface area contributed by atoms with Gasteiger partial charge in [0.05, 0.1) is 0 Å². The summed E-state index contributed by atoms with van der Waals surface area (Å²) in [5.74, 6) is 2.58. The molecule has 1 nitrogen and oxygen atoms in total. The Labute approximate surface area is 111 Å². The molecule has 2 aliphatic carbocycles. The minimum atomic E-state index is 0.771. The van der Waals surface area contributed by atoms with Crippen LogP contribution in [-0.4, -0.2) is 12.1 Å². The van der Waals surface area contributed by atoms with Crippen LogP contribution in [0.5, 0.6) is 0 Å². The van der Waals surface area contributed by atoms with Crippen molar-refractivity contribution in [3.8, 4) is 0 Å². The van der Waals surface area contributed by atoms with E-state index in [0.29, 0.717) is 0 Å². The first-order valence-corrected chi connectivity index (χ1v) is 7.55. The third kappa shape index (κ3) is 2.33. The third-order valence-electron chi connectivity index (χ3n) is 5.32. The number of rotatable bonds is 3. The molecule has 1 N–H and O–H groups in total. The molecule has 0 saturated heterocycles. The van der Waals surface area contributed by atoms with Gasteiger partial charge in [0.15, 0.2) is 0 Å². The second-order valence-electron chi connectivity index (χ2n) is 6.46. The van der Waals surface area contributed by atoms with Gasteiger partial charge in [-0.2, -0.15) is 0 Å². The molecule has 2 saturated carbocycles. The summed E-state index contributed by atoms with van der Waals surface area (Å²) in [5, 5.41) is 3.90. The molecule has 0 amide bonds. The SMILES string of the molecule is CC1CCC(NC2CC(c3ccccc3)C2)C1C. The van der Waals surface area contributed by atoms with E-state index in [2.05, 4.69) is 49.5 Å². The fourth-order valence-electron chi connectivity index (χ4n) is 3.65. The molecule has 1 heteroatoms. The summed E-state index contributed by atoms with van der Waals surface area (Å²) >= 11 is 0. The Bertz CT molecular complexity index is 380. The highest BCUT2D eigenvalue weighted by molar-refractivity contribution is 5.22. The number of hydrogen-bond donors (Lipinski definition) is 1. The number of nitrogens with one attached hydrogen (secondary N) is 1. The fourth-order valence-corrected chi connectivity index (χ4v) is 3.65. The first-order valence-electron chi connectivity index (χ1n) is 7.55. The summed E-state index contributed by atoms with van der Waals surface area (Å²) in [6.07, 6.45) is 5.46. The maximum absolute atomic E-state index is 3.90. The van der Waals surface area contributed by atoms with Crippen molar-refractivity contribution in [2.24, 2.45) is 11.8 Å². The highest BCUT2D eigenvalue weighted by atomic mass is 15.0. The molecule has 2 aliphatic rings. The van der Waals surface area contributed by atoms with Crippen LogP contribution >= 0.6 is 0 Å². The van der Waals surface area contributed by atoms with E-state index >= 15 is 0 Å². The predicted molar refractivity (Wildman–Crippen MR) is 76.7 cm³/mol. The van der Waals surface area contributed by atoms with E-state index in [1.807, 2.05) is 0 Å². The van der Waals surface area contributed by atoms with Crippen LogP contribution in [0.25, 0.3) is 0 Å². The lowest BCUT2D eigenvalue weighted by molar-refractivity contribution is 0.239. The average Bonchev–Trinajstić information content (AvgIpc) is 2.66. The topological polar surface area (TPSA) is 12.0 Å². The molecule has 3 rings (SSSR count). The molecule has 3 unspecified atom stereocenters. The quantitative estimate of drug-likeness (QED) is 0.847. The molecule has 3 atom stereocenters. The monoisotopic (exact) mass is 243 g/mol. The van der Waals surface area contributed by atoms with E-state index in [-0.39, 0.29) is 0 Å². The van der Waals surface area contributed by atoms with Gasteiger partial charge in [0, 0.05) is 12.1 Å². The number of hydrogen-bond acceptors (Lipinski definition) is 1. The molecule has 1 aromatic carbocycles. The standard InChI is InChI=1S/C17H25N/c1-12-8-9-17(13(12)2)18-16-10-15(11-16)14-6-4-3-5-7-14/h3-7,12-13,15-18H,8-11H2,1-2H3. The summed E-state index contributed by atoms with van der Waals surface area (Å²) in [6, 6.07) is 12.5. The molecule has 18 heavy (non-hydrogen) atoms. The summed E-state index contributed by atoms with van der Waals surface area (Å²) in [6.45, 7) is 4.82. The summed E-state index contributed by atoms with van der Waals surface area (Å²) in [5.41, 5.74) is 1.53. The molecule has 98 valence electrons. The summed E-state index contributed by atoms with van der Waals surface area (Å²) in [4.78, 5) is 0. The van der Waals surface area contributed by atoms with E-state index in [0.717, 1.165) is 29.8 Å². The Balaban J connectivity index is 1.49. The van der Waals surface area contributed by atoms with Crippen molar-refractivity contribution in [3.63, 3.8) is 0 Å². The smallest absolute Gasteiger partial charge is 0.00979 e. The van der Waals surface area contributed by atoms with Gasteiger partial charge in [0.25, 0.3) is 0 Å². The van der Waals surface area contributed by atoms with E-state index in [1.165, 1.54) is 31.2 Å². The lowest BCUT2D eigenvalue weighted by Crippen LogP contribution is -2.46. The van der Waals surface area contributed by atoms with Crippen molar-refractivity contribution in [1.82, 2.24) is 5.32 Å². The van der Waals surface area contributed by atoms with Crippen molar-refractivity contribution in [3.05, 3.63) is 35.9 Å². The molecule has 0 heterocycles. The van der Waals surface area contributed by atoms with E-state index in [4.69, 9.17) is 0 Å². The molecule has 0 radical (unpaired) electrons. The number of benzene rings is 1. The largest absolute Gasteiger partial charge is 0.311 e. The van der Waals surface area contributed by atoms with Gasteiger partial charge in [-0.05, 0) is 49.0 Å². The van der Waals surface area contributed by atoms with Gasteiger partial charge in [-0.15, -0.1) is 0 Å². The zero-order valence-electron chi connectivity index (χ0n) is 11.6. The van der Waals surface area contributed by atoms with Gasteiger partial charge >= 0.3 is 0 Å². The molecular weight excluding hydrogens is 218 g/mol. The Morgan fingerprint density at radius 1 is 1.00 bits per heavy atom. The van der Waals surface area contributed by atoms with Crippen LogP contribution in [0.1, 0.15) is 51.0 Å². The van der Waals surface area contributed by atoms with Crippen LogP contribution in [-0.2, 0) is 0 Å². The Morgan fingerprint density at radius 3 is 2.33 bits per heavy atom. The van der Waals surface area contributed by atoms with Gasteiger partial charge < -0.3 is 5.32 Å². The van der Waals surface area contributed by atoms with Gasteiger partial charge in [0.1, 0.15) is 0 Å². The molecule has 0 aromatic heterocycles. The predicted octanol–water partition coefficient (Wildman–Crippen LogP) is 3.96. The van der Waals surface area contributed by atoms with Crippen LogP contribution in [0.15, 0.2) is 30.3 Å². The first-order chi connectivity index (χ1) is 8.74. The second kappa shape index (κ2) is 5.05. The van der Waals surface area contributed by atoms with Gasteiger partial charge in [0.2, 0.25) is 0 Å². The minimum Gasteiger partial charge on any atom is -0.311 e. The highest BCUT2D eigenvalue weighted by Gasteiger charge is 2.36. The Kier molecular flexibility index (Phi) is 3.43. The lowest BCUT2D eigenvalue weighted by atomic mass is 9.75. The zero-order chi connectivity index (χ0) is 12.5. The van der Waals surface area contributed by atoms with Crippen LogP contribution in [0.2, 0.25) is 0 Å². The van der Waals surface area contributed by atoms with Crippen molar-refractivity contribution in [2.75, 3.05) is 0 Å². The molecular formula is C17H25N. The van der Waals surface area contributed by atoms with Gasteiger partial charge in [-0.25, -0.2) is 0 Å². The maximum Gasteiger partial charge on any atom is 0.00979 e. The van der Waals surface area contributed by atoms with Gasteiger partial charge in [-0.1, -0.05) is 44.2 Å². The van der Waals surface area contributed by atoms with Crippen molar-refractivity contribution in [2.45, 2.75) is 57.5 Å². The maximum atomic E-state index is 3.90. The first kappa shape index (κ1) is 12.2. The molecule has 1 aromatic rings. The minimum absolute atomic E-state index is 0.771. The van der Waals surface area contributed by atoms with Crippen LogP contribution in [0.3, 0.4) is 0 Å². The van der Waals surface area contributed by atoms with E-state index in [1.54, 1.807) is 0 Å². The zero-order valence-corrected chi connectivity index (χ0v) is 11.6. The van der Waals surface area contributed by atoms with Crippen LogP contribution in [0, 0.1) is 11.8 Å². The Hall–Kier alpha value is -0.820. The highest BCUT2D eigenvalue weighted by Crippen LogP contribution is 2.39. The van der Waals surface area contributed by atoms with Crippen LogP contribution < -0.4 is 5.32 Å². The Morgan fingerprint density at radius 2 is 1.72 bits per heavy atom. The van der Waals surface area contributed by atoms with Crippen LogP contribution in [0.4, 0.5) is 0 Å². The molecule has 0 spiro atoms.